The van der Waals surface area contributed by atoms with Crippen LogP contribution in [0.1, 0.15) is 11.1 Å². The van der Waals surface area contributed by atoms with Crippen molar-refractivity contribution in [2.75, 3.05) is 5.32 Å². The number of ether oxygens (including phenoxy) is 1. The van der Waals surface area contributed by atoms with Crippen LogP contribution in [0.4, 0.5) is 18.9 Å². The lowest BCUT2D eigenvalue weighted by molar-refractivity contribution is -0.274. The maximum atomic E-state index is 12.0. The van der Waals surface area contributed by atoms with Crippen LogP contribution in [0.15, 0.2) is 46.9 Å². The first-order chi connectivity index (χ1) is 9.83. The van der Waals surface area contributed by atoms with Crippen LogP contribution >= 0.6 is 15.9 Å². The molecule has 0 spiro atoms. The van der Waals surface area contributed by atoms with Gasteiger partial charge in [-0.3, -0.25) is 0 Å². The number of halogens is 4. The van der Waals surface area contributed by atoms with Gasteiger partial charge in [-0.25, -0.2) is 0 Å². The molecule has 0 atom stereocenters. The molecule has 2 aromatic carbocycles. The molecule has 0 heterocycles. The Kier molecular flexibility index (Phi) is 4.77. The lowest BCUT2D eigenvalue weighted by Crippen LogP contribution is -2.17. The van der Waals surface area contributed by atoms with Gasteiger partial charge >= 0.3 is 6.36 Å². The predicted molar refractivity (Wildman–Crippen MR) is 79.3 cm³/mol. The first-order valence-corrected chi connectivity index (χ1v) is 6.97. The van der Waals surface area contributed by atoms with Gasteiger partial charge in [0.05, 0.1) is 0 Å². The molecule has 112 valence electrons. The normalized spacial score (nSPS) is 11.3. The highest BCUT2D eigenvalue weighted by Gasteiger charge is 2.30. The number of aryl methyl sites for hydroxylation is 1. The number of anilines is 1. The monoisotopic (exact) mass is 359 g/mol. The summed E-state index contributed by atoms with van der Waals surface area (Å²) in [5.41, 5.74) is 2.93. The fraction of sp³-hybridized carbons (Fsp3) is 0.200. The minimum atomic E-state index is -4.66. The van der Waals surface area contributed by atoms with Crippen molar-refractivity contribution in [3.63, 3.8) is 0 Å². The van der Waals surface area contributed by atoms with E-state index in [1.807, 2.05) is 25.1 Å². The quantitative estimate of drug-likeness (QED) is 0.802. The second-order valence-electron chi connectivity index (χ2n) is 4.51. The average Bonchev–Trinajstić information content (AvgIpc) is 2.40. The van der Waals surface area contributed by atoms with Crippen molar-refractivity contribution in [2.45, 2.75) is 19.8 Å². The van der Waals surface area contributed by atoms with Crippen LogP contribution in [0.2, 0.25) is 0 Å². The average molecular weight is 360 g/mol. The second kappa shape index (κ2) is 6.39. The number of alkyl halides is 3. The Balaban J connectivity index is 1.96. The molecule has 0 aliphatic carbocycles. The van der Waals surface area contributed by atoms with E-state index in [1.165, 1.54) is 12.1 Å². The summed E-state index contributed by atoms with van der Waals surface area (Å²) in [5.74, 6) is -0.218. The van der Waals surface area contributed by atoms with E-state index in [-0.39, 0.29) is 5.75 Å². The summed E-state index contributed by atoms with van der Waals surface area (Å²) in [4.78, 5) is 0. The van der Waals surface area contributed by atoms with E-state index in [0.29, 0.717) is 6.54 Å². The molecule has 1 N–H and O–H groups in total. The first-order valence-electron chi connectivity index (χ1n) is 6.18. The topological polar surface area (TPSA) is 21.3 Å². The van der Waals surface area contributed by atoms with Gasteiger partial charge in [0.25, 0.3) is 0 Å². The number of nitrogens with one attached hydrogen (secondary N) is 1. The predicted octanol–water partition coefficient (Wildman–Crippen LogP) is 5.27. The van der Waals surface area contributed by atoms with Gasteiger partial charge < -0.3 is 10.1 Å². The molecule has 0 saturated carbocycles. The number of benzene rings is 2. The third kappa shape index (κ3) is 4.97. The zero-order valence-corrected chi connectivity index (χ0v) is 12.8. The molecule has 0 aromatic heterocycles. The summed E-state index contributed by atoms with van der Waals surface area (Å²) >= 11 is 3.45. The molecular weight excluding hydrogens is 347 g/mol. The van der Waals surface area contributed by atoms with E-state index in [9.17, 15) is 13.2 Å². The smallest absolute Gasteiger partial charge is 0.406 e. The van der Waals surface area contributed by atoms with Crippen molar-refractivity contribution in [1.29, 1.82) is 0 Å². The number of hydrogen-bond acceptors (Lipinski definition) is 2. The van der Waals surface area contributed by atoms with Crippen LogP contribution in [0, 0.1) is 6.92 Å². The van der Waals surface area contributed by atoms with Gasteiger partial charge in [0, 0.05) is 16.7 Å². The molecule has 0 bridgehead atoms. The Bertz CT molecular complexity index is 611. The van der Waals surface area contributed by atoms with Crippen LogP contribution in [-0.2, 0) is 6.54 Å². The van der Waals surface area contributed by atoms with E-state index < -0.39 is 6.36 Å². The van der Waals surface area contributed by atoms with Crippen molar-refractivity contribution in [3.05, 3.63) is 58.1 Å². The summed E-state index contributed by atoms with van der Waals surface area (Å²) in [7, 11) is 0. The molecule has 0 saturated heterocycles. The number of hydrogen-bond donors (Lipinski definition) is 1. The summed E-state index contributed by atoms with van der Waals surface area (Å²) in [5, 5.41) is 3.20. The summed E-state index contributed by atoms with van der Waals surface area (Å²) < 4.78 is 41.0. The molecule has 2 rings (SSSR count). The lowest BCUT2D eigenvalue weighted by Gasteiger charge is -2.10. The van der Waals surface area contributed by atoms with Crippen molar-refractivity contribution in [3.8, 4) is 5.75 Å². The minimum absolute atomic E-state index is 0.218. The SMILES string of the molecule is Cc1ccc(NCc2ccc(OC(F)(F)F)cc2)cc1Br. The summed E-state index contributed by atoms with van der Waals surface area (Å²) in [6, 6.07) is 11.7. The highest BCUT2D eigenvalue weighted by atomic mass is 79.9. The first kappa shape index (κ1) is 15.7. The fourth-order valence-corrected chi connectivity index (χ4v) is 2.09. The van der Waals surface area contributed by atoms with Crippen LogP contribution < -0.4 is 10.1 Å². The van der Waals surface area contributed by atoms with Gasteiger partial charge in [-0.15, -0.1) is 13.2 Å². The molecule has 0 aliphatic rings. The van der Waals surface area contributed by atoms with Gasteiger partial charge in [0.2, 0.25) is 0 Å². The third-order valence-electron chi connectivity index (χ3n) is 2.83. The molecule has 6 heteroatoms. The molecule has 0 unspecified atom stereocenters. The Hall–Kier alpha value is -1.69. The zero-order valence-electron chi connectivity index (χ0n) is 11.2. The fourth-order valence-electron chi connectivity index (χ4n) is 1.72. The largest absolute Gasteiger partial charge is 0.573 e. The van der Waals surface area contributed by atoms with E-state index in [0.717, 1.165) is 21.3 Å². The van der Waals surface area contributed by atoms with Crippen molar-refractivity contribution in [1.82, 2.24) is 0 Å². The summed E-state index contributed by atoms with van der Waals surface area (Å²) in [6.07, 6.45) is -4.66. The van der Waals surface area contributed by atoms with Crippen molar-refractivity contribution in [2.24, 2.45) is 0 Å². The van der Waals surface area contributed by atoms with Gasteiger partial charge in [-0.1, -0.05) is 34.1 Å². The number of rotatable bonds is 4. The van der Waals surface area contributed by atoms with Crippen molar-refractivity contribution < 1.29 is 17.9 Å². The molecule has 21 heavy (non-hydrogen) atoms. The molecular formula is C15H13BrF3NO. The maximum Gasteiger partial charge on any atom is 0.573 e. The van der Waals surface area contributed by atoms with Crippen LogP contribution in [0.5, 0.6) is 5.75 Å². The Morgan fingerprint density at radius 3 is 2.33 bits per heavy atom. The molecule has 2 nitrogen and oxygen atoms in total. The highest BCUT2D eigenvalue weighted by Crippen LogP contribution is 2.24. The van der Waals surface area contributed by atoms with Gasteiger partial charge in [-0.05, 0) is 42.3 Å². The van der Waals surface area contributed by atoms with Gasteiger partial charge in [-0.2, -0.15) is 0 Å². The third-order valence-corrected chi connectivity index (χ3v) is 3.68. The van der Waals surface area contributed by atoms with Gasteiger partial charge in [0.15, 0.2) is 0 Å². The molecule has 2 aromatic rings. The molecule has 0 radical (unpaired) electrons. The van der Waals surface area contributed by atoms with Crippen molar-refractivity contribution >= 4 is 21.6 Å². The zero-order chi connectivity index (χ0) is 15.5. The Labute approximate surface area is 129 Å². The lowest BCUT2D eigenvalue weighted by atomic mass is 10.2. The van der Waals surface area contributed by atoms with Crippen LogP contribution in [0.3, 0.4) is 0 Å². The minimum Gasteiger partial charge on any atom is -0.406 e. The Morgan fingerprint density at radius 1 is 1.10 bits per heavy atom. The van der Waals surface area contributed by atoms with E-state index >= 15 is 0 Å². The maximum absolute atomic E-state index is 12.0. The van der Waals surface area contributed by atoms with E-state index in [4.69, 9.17) is 0 Å². The van der Waals surface area contributed by atoms with Crippen LogP contribution in [0.25, 0.3) is 0 Å². The second-order valence-corrected chi connectivity index (χ2v) is 5.36. The highest BCUT2D eigenvalue weighted by molar-refractivity contribution is 9.10. The summed E-state index contributed by atoms with van der Waals surface area (Å²) in [6.45, 7) is 2.51. The Morgan fingerprint density at radius 2 is 1.76 bits per heavy atom. The molecule has 0 amide bonds. The van der Waals surface area contributed by atoms with Gasteiger partial charge in [0.1, 0.15) is 5.75 Å². The van der Waals surface area contributed by atoms with E-state index in [1.54, 1.807) is 12.1 Å². The molecule has 0 fully saturated rings. The van der Waals surface area contributed by atoms with Crippen LogP contribution in [-0.4, -0.2) is 6.36 Å². The molecule has 0 aliphatic heterocycles. The standard InChI is InChI=1S/C15H13BrF3NO/c1-10-2-5-12(8-14(10)16)20-9-11-3-6-13(7-4-11)21-15(17,18)19/h2-8,20H,9H2,1H3. The van der Waals surface area contributed by atoms with E-state index in [2.05, 4.69) is 26.0 Å².